The number of carbonyl (C=O) groups excluding carboxylic acids is 1. The minimum absolute atomic E-state index is 0.145. The number of rotatable bonds is 6. The van der Waals surface area contributed by atoms with E-state index in [0.717, 1.165) is 30.9 Å². The lowest BCUT2D eigenvalue weighted by atomic mass is 10.1. The molecule has 1 fully saturated rings. The molecule has 0 N–H and O–H groups in total. The average molecular weight is 430 g/mol. The Bertz CT molecular complexity index is 1130. The van der Waals surface area contributed by atoms with E-state index in [1.165, 1.54) is 16.2 Å². The maximum Gasteiger partial charge on any atom is 0.271 e. The molecule has 0 atom stereocenters. The predicted molar refractivity (Wildman–Crippen MR) is 126 cm³/mol. The largest absolute Gasteiger partial charge is 0.497 e. The van der Waals surface area contributed by atoms with Gasteiger partial charge in [0.05, 0.1) is 7.11 Å². The fourth-order valence-corrected chi connectivity index (χ4v) is 3.83. The van der Waals surface area contributed by atoms with Gasteiger partial charge in [0.1, 0.15) is 11.4 Å². The van der Waals surface area contributed by atoms with Gasteiger partial charge in [-0.1, -0.05) is 48.5 Å². The zero-order valence-electron chi connectivity index (χ0n) is 18.2. The molecule has 1 aliphatic rings. The molecule has 4 rings (SSSR count). The molecule has 0 spiro atoms. The normalized spacial score (nSPS) is 14.9. The van der Waals surface area contributed by atoms with Crippen molar-refractivity contribution in [2.24, 2.45) is 0 Å². The van der Waals surface area contributed by atoms with Crippen LogP contribution in [0.1, 0.15) is 11.1 Å². The van der Waals surface area contributed by atoms with E-state index in [1.807, 2.05) is 47.4 Å². The molecule has 6 nitrogen and oxygen atoms in total. The van der Waals surface area contributed by atoms with Crippen molar-refractivity contribution >= 4 is 17.7 Å². The molecule has 0 aliphatic carbocycles. The lowest BCUT2D eigenvalue weighted by Gasteiger charge is -2.35. The minimum Gasteiger partial charge on any atom is -0.497 e. The van der Waals surface area contributed by atoms with Crippen LogP contribution in [0.4, 0.5) is 0 Å². The second-order valence-corrected chi connectivity index (χ2v) is 7.77. The zero-order chi connectivity index (χ0) is 22.3. The zero-order valence-corrected chi connectivity index (χ0v) is 18.2. The molecule has 1 aromatic heterocycles. The number of amides is 1. The number of hydrogen-bond donors (Lipinski definition) is 0. The molecular formula is C26H27N3O3. The highest BCUT2D eigenvalue weighted by Gasteiger charge is 2.25. The maximum atomic E-state index is 13.5. The summed E-state index contributed by atoms with van der Waals surface area (Å²) in [5.41, 5.74) is 2.21. The third kappa shape index (κ3) is 5.15. The number of aromatic nitrogens is 1. The number of carbonyl (C=O) groups is 1. The smallest absolute Gasteiger partial charge is 0.271 e. The Balaban J connectivity index is 1.53. The molecule has 1 saturated heterocycles. The van der Waals surface area contributed by atoms with E-state index in [-0.39, 0.29) is 11.5 Å². The first-order chi connectivity index (χ1) is 15.6. The van der Waals surface area contributed by atoms with Crippen LogP contribution in [0.5, 0.6) is 5.75 Å². The van der Waals surface area contributed by atoms with Crippen LogP contribution in [0.3, 0.4) is 0 Å². The van der Waals surface area contributed by atoms with Gasteiger partial charge in [-0.15, -0.1) is 0 Å². The number of nitrogens with zero attached hydrogens (tertiary/aromatic N) is 3. The van der Waals surface area contributed by atoms with Crippen LogP contribution < -0.4 is 10.3 Å². The molecule has 2 heterocycles. The second-order valence-electron chi connectivity index (χ2n) is 7.77. The van der Waals surface area contributed by atoms with E-state index in [9.17, 15) is 9.59 Å². The topological polar surface area (TPSA) is 54.8 Å². The van der Waals surface area contributed by atoms with Gasteiger partial charge in [0.15, 0.2) is 0 Å². The average Bonchev–Trinajstić information content (AvgIpc) is 2.84. The number of hydrogen-bond acceptors (Lipinski definition) is 4. The third-order valence-corrected chi connectivity index (χ3v) is 5.63. The number of pyridine rings is 1. The summed E-state index contributed by atoms with van der Waals surface area (Å²) in [7, 11) is 1.61. The van der Waals surface area contributed by atoms with Crippen LogP contribution in [-0.4, -0.2) is 53.6 Å². The van der Waals surface area contributed by atoms with Gasteiger partial charge in [-0.05, 0) is 35.4 Å². The molecule has 164 valence electrons. The Morgan fingerprint density at radius 3 is 2.25 bits per heavy atom. The molecule has 1 amide bonds. The van der Waals surface area contributed by atoms with Gasteiger partial charge in [0, 0.05) is 45.0 Å². The van der Waals surface area contributed by atoms with Crippen molar-refractivity contribution in [3.05, 3.63) is 100 Å². The molecule has 0 radical (unpaired) electrons. The highest BCUT2D eigenvalue weighted by molar-refractivity contribution is 6.18. The van der Waals surface area contributed by atoms with Crippen LogP contribution in [0.25, 0.3) is 11.8 Å². The SMILES string of the molecule is COc1ccc(/C=C(\C(=O)N2CCN(Cc3ccccc3)CC2)n2ccccc2=O)cc1. The van der Waals surface area contributed by atoms with Gasteiger partial charge in [0.25, 0.3) is 11.5 Å². The summed E-state index contributed by atoms with van der Waals surface area (Å²) in [4.78, 5) is 30.2. The van der Waals surface area contributed by atoms with Crippen molar-refractivity contribution < 1.29 is 9.53 Å². The van der Waals surface area contributed by atoms with Gasteiger partial charge in [-0.3, -0.25) is 19.1 Å². The maximum absolute atomic E-state index is 13.5. The fourth-order valence-electron chi connectivity index (χ4n) is 3.83. The first-order valence-corrected chi connectivity index (χ1v) is 10.7. The van der Waals surface area contributed by atoms with Crippen molar-refractivity contribution in [2.45, 2.75) is 6.54 Å². The van der Waals surface area contributed by atoms with E-state index < -0.39 is 0 Å². The van der Waals surface area contributed by atoms with Crippen LogP contribution >= 0.6 is 0 Å². The summed E-state index contributed by atoms with van der Waals surface area (Å²) in [6, 6.07) is 22.7. The highest BCUT2D eigenvalue weighted by atomic mass is 16.5. The molecule has 1 aliphatic heterocycles. The molecule has 32 heavy (non-hydrogen) atoms. The van der Waals surface area contributed by atoms with Crippen molar-refractivity contribution in [3.63, 3.8) is 0 Å². The van der Waals surface area contributed by atoms with Crippen LogP contribution in [-0.2, 0) is 11.3 Å². The lowest BCUT2D eigenvalue weighted by Crippen LogP contribution is -2.49. The number of piperazine rings is 1. The first kappa shape index (κ1) is 21.6. The monoisotopic (exact) mass is 429 g/mol. The van der Waals surface area contributed by atoms with Crippen molar-refractivity contribution in [1.82, 2.24) is 14.4 Å². The van der Waals surface area contributed by atoms with Crippen LogP contribution in [0, 0.1) is 0 Å². The Morgan fingerprint density at radius 1 is 0.906 bits per heavy atom. The molecular weight excluding hydrogens is 402 g/mol. The quantitative estimate of drug-likeness (QED) is 0.565. The lowest BCUT2D eigenvalue weighted by molar-refractivity contribution is -0.127. The molecule has 0 bridgehead atoms. The number of ether oxygens (including phenoxy) is 1. The van der Waals surface area contributed by atoms with Crippen molar-refractivity contribution in [2.75, 3.05) is 33.3 Å². The van der Waals surface area contributed by atoms with E-state index in [2.05, 4.69) is 17.0 Å². The molecule has 6 heteroatoms. The molecule has 0 unspecified atom stereocenters. The van der Waals surface area contributed by atoms with E-state index >= 15 is 0 Å². The van der Waals surface area contributed by atoms with Gasteiger partial charge < -0.3 is 9.64 Å². The molecule has 3 aromatic rings. The van der Waals surface area contributed by atoms with E-state index in [4.69, 9.17) is 4.74 Å². The van der Waals surface area contributed by atoms with Gasteiger partial charge >= 0.3 is 0 Å². The van der Waals surface area contributed by atoms with Gasteiger partial charge in [-0.2, -0.15) is 0 Å². The summed E-state index contributed by atoms with van der Waals surface area (Å²) in [5, 5.41) is 0. The summed E-state index contributed by atoms with van der Waals surface area (Å²) in [6.07, 6.45) is 3.40. The summed E-state index contributed by atoms with van der Waals surface area (Å²) in [6.45, 7) is 3.69. The Hall–Kier alpha value is -3.64. The van der Waals surface area contributed by atoms with Gasteiger partial charge in [0.2, 0.25) is 0 Å². The fraction of sp³-hybridized carbons (Fsp3) is 0.231. The summed E-state index contributed by atoms with van der Waals surface area (Å²) in [5.74, 6) is 0.593. The Morgan fingerprint density at radius 2 is 1.59 bits per heavy atom. The van der Waals surface area contributed by atoms with Crippen molar-refractivity contribution in [1.29, 1.82) is 0 Å². The highest BCUT2D eigenvalue weighted by Crippen LogP contribution is 2.18. The van der Waals surface area contributed by atoms with Crippen LogP contribution in [0.2, 0.25) is 0 Å². The Labute approximate surface area is 188 Å². The second kappa shape index (κ2) is 10.1. The minimum atomic E-state index is -0.233. The predicted octanol–water partition coefficient (Wildman–Crippen LogP) is 3.20. The summed E-state index contributed by atoms with van der Waals surface area (Å²) < 4.78 is 6.64. The Kier molecular flexibility index (Phi) is 6.82. The third-order valence-electron chi connectivity index (χ3n) is 5.63. The van der Waals surface area contributed by atoms with E-state index in [1.54, 1.807) is 31.5 Å². The molecule has 0 saturated carbocycles. The summed E-state index contributed by atoms with van der Waals surface area (Å²) >= 11 is 0. The van der Waals surface area contributed by atoms with Gasteiger partial charge in [-0.25, -0.2) is 0 Å². The number of benzene rings is 2. The molecule has 2 aromatic carbocycles. The standard InChI is InChI=1S/C26H27N3O3/c1-32-23-12-10-21(11-13-23)19-24(29-14-6-5-9-25(29)30)26(31)28-17-15-27(16-18-28)20-22-7-3-2-4-8-22/h2-14,19H,15-18,20H2,1H3/b24-19+. The van der Waals surface area contributed by atoms with Crippen molar-refractivity contribution in [3.8, 4) is 5.75 Å². The first-order valence-electron chi connectivity index (χ1n) is 10.7. The van der Waals surface area contributed by atoms with Crippen LogP contribution in [0.15, 0.2) is 83.8 Å². The van der Waals surface area contributed by atoms with E-state index in [0.29, 0.717) is 18.8 Å². The number of methoxy groups -OCH3 is 1.